The van der Waals surface area contributed by atoms with Crippen molar-refractivity contribution in [2.75, 3.05) is 13.6 Å². The molecule has 2 N–H and O–H groups in total. The first-order valence-corrected chi connectivity index (χ1v) is 9.23. The highest BCUT2D eigenvalue weighted by atomic mass is 19.1. The maximum atomic E-state index is 13.2. The summed E-state index contributed by atoms with van der Waals surface area (Å²) in [6.45, 7) is 7.66. The van der Waals surface area contributed by atoms with E-state index in [1.807, 2.05) is 24.7 Å². The first-order chi connectivity index (χ1) is 12.5. The van der Waals surface area contributed by atoms with E-state index in [1.54, 1.807) is 13.1 Å². The van der Waals surface area contributed by atoms with Gasteiger partial charge in [-0.1, -0.05) is 19.9 Å². The van der Waals surface area contributed by atoms with Gasteiger partial charge in [-0.3, -0.25) is 9.67 Å². The molecule has 2 rings (SSSR count). The van der Waals surface area contributed by atoms with Crippen LogP contribution in [0, 0.1) is 12.7 Å². The summed E-state index contributed by atoms with van der Waals surface area (Å²) < 4.78 is 15.2. The predicted octanol–water partition coefficient (Wildman–Crippen LogP) is 2.90. The van der Waals surface area contributed by atoms with Crippen molar-refractivity contribution >= 4 is 5.96 Å². The summed E-state index contributed by atoms with van der Waals surface area (Å²) >= 11 is 0. The van der Waals surface area contributed by atoms with E-state index in [2.05, 4.69) is 34.6 Å². The highest BCUT2D eigenvalue weighted by Gasteiger charge is 2.13. The second-order valence-electron chi connectivity index (χ2n) is 6.38. The lowest BCUT2D eigenvalue weighted by atomic mass is 10.1. The third-order valence-corrected chi connectivity index (χ3v) is 4.68. The molecule has 0 unspecified atom stereocenters. The van der Waals surface area contributed by atoms with E-state index >= 15 is 0 Å². The molecule has 0 amide bonds. The summed E-state index contributed by atoms with van der Waals surface area (Å²) in [4.78, 5) is 4.30. The second kappa shape index (κ2) is 9.36. The standard InChI is InChI=1S/C20H30FN5/c1-6-18-17(19(7-2)26(5)25-18)13-24-20(22-4)23-11-10-15-8-9-16(21)12-14(15)3/h8-9,12H,6-7,10-11,13H2,1-5H3,(H2,22,23,24). The van der Waals surface area contributed by atoms with Gasteiger partial charge in [-0.05, 0) is 49.4 Å². The number of hydrogen-bond donors (Lipinski definition) is 2. The summed E-state index contributed by atoms with van der Waals surface area (Å²) in [5.74, 6) is 0.573. The Labute approximate surface area is 155 Å². The zero-order valence-electron chi connectivity index (χ0n) is 16.5. The molecule has 0 bridgehead atoms. The minimum atomic E-state index is -0.188. The van der Waals surface area contributed by atoms with E-state index in [0.29, 0.717) is 6.54 Å². The fourth-order valence-corrected chi connectivity index (χ4v) is 3.24. The Morgan fingerprint density at radius 3 is 2.62 bits per heavy atom. The molecular formula is C20H30FN5. The quantitative estimate of drug-likeness (QED) is 0.590. The lowest BCUT2D eigenvalue weighted by Gasteiger charge is -2.13. The summed E-state index contributed by atoms with van der Waals surface area (Å²) in [6.07, 6.45) is 2.69. The maximum Gasteiger partial charge on any atom is 0.191 e. The van der Waals surface area contributed by atoms with E-state index in [0.717, 1.165) is 48.6 Å². The molecule has 0 aliphatic rings. The van der Waals surface area contributed by atoms with Crippen LogP contribution in [0.2, 0.25) is 0 Å². The van der Waals surface area contributed by atoms with Crippen LogP contribution < -0.4 is 10.6 Å². The third-order valence-electron chi connectivity index (χ3n) is 4.68. The highest BCUT2D eigenvalue weighted by molar-refractivity contribution is 5.79. The lowest BCUT2D eigenvalue weighted by molar-refractivity contribution is 0.625. The van der Waals surface area contributed by atoms with Crippen molar-refractivity contribution in [2.24, 2.45) is 12.0 Å². The van der Waals surface area contributed by atoms with Crippen molar-refractivity contribution in [1.82, 2.24) is 20.4 Å². The molecule has 0 radical (unpaired) electrons. The van der Waals surface area contributed by atoms with E-state index < -0.39 is 0 Å². The number of guanidine groups is 1. The molecule has 0 saturated heterocycles. The molecule has 0 spiro atoms. The summed E-state index contributed by atoms with van der Waals surface area (Å²) in [6, 6.07) is 4.93. The first-order valence-electron chi connectivity index (χ1n) is 9.23. The number of aliphatic imine (C=N–C) groups is 1. The van der Waals surface area contributed by atoms with Crippen molar-refractivity contribution in [2.45, 2.75) is 46.6 Å². The van der Waals surface area contributed by atoms with Crippen molar-refractivity contribution in [3.8, 4) is 0 Å². The van der Waals surface area contributed by atoms with Crippen molar-refractivity contribution in [3.05, 3.63) is 52.1 Å². The Kier molecular flexibility index (Phi) is 7.18. The van der Waals surface area contributed by atoms with E-state index in [1.165, 1.54) is 17.3 Å². The van der Waals surface area contributed by atoms with Crippen LogP contribution in [-0.2, 0) is 32.9 Å². The van der Waals surface area contributed by atoms with Gasteiger partial charge in [0.2, 0.25) is 0 Å². The average molecular weight is 359 g/mol. The maximum absolute atomic E-state index is 13.2. The molecule has 26 heavy (non-hydrogen) atoms. The Balaban J connectivity index is 1.92. The van der Waals surface area contributed by atoms with Crippen LogP contribution in [0.3, 0.4) is 0 Å². The zero-order chi connectivity index (χ0) is 19.1. The molecule has 1 aromatic heterocycles. The Bertz CT molecular complexity index is 764. The summed E-state index contributed by atoms with van der Waals surface area (Å²) in [5.41, 5.74) is 5.77. The van der Waals surface area contributed by atoms with E-state index in [9.17, 15) is 4.39 Å². The minimum absolute atomic E-state index is 0.188. The highest BCUT2D eigenvalue weighted by Crippen LogP contribution is 2.15. The van der Waals surface area contributed by atoms with Gasteiger partial charge < -0.3 is 10.6 Å². The van der Waals surface area contributed by atoms with Crippen LogP contribution in [0.25, 0.3) is 0 Å². The Hall–Kier alpha value is -2.37. The molecule has 0 saturated carbocycles. The van der Waals surface area contributed by atoms with Gasteiger partial charge in [0, 0.05) is 38.4 Å². The largest absolute Gasteiger partial charge is 0.356 e. The number of aryl methyl sites for hydroxylation is 3. The van der Waals surface area contributed by atoms with Crippen LogP contribution in [0.15, 0.2) is 23.2 Å². The van der Waals surface area contributed by atoms with Crippen LogP contribution in [0.4, 0.5) is 4.39 Å². The second-order valence-corrected chi connectivity index (χ2v) is 6.38. The van der Waals surface area contributed by atoms with Gasteiger partial charge in [0.15, 0.2) is 5.96 Å². The number of aromatic nitrogens is 2. The smallest absolute Gasteiger partial charge is 0.191 e. The number of nitrogens with one attached hydrogen (secondary N) is 2. The van der Waals surface area contributed by atoms with Crippen LogP contribution in [0.5, 0.6) is 0 Å². The van der Waals surface area contributed by atoms with Gasteiger partial charge in [-0.15, -0.1) is 0 Å². The molecule has 0 atom stereocenters. The van der Waals surface area contributed by atoms with Crippen molar-refractivity contribution < 1.29 is 4.39 Å². The Morgan fingerprint density at radius 2 is 2.00 bits per heavy atom. The molecule has 6 heteroatoms. The van der Waals surface area contributed by atoms with Gasteiger partial charge >= 0.3 is 0 Å². The molecular weight excluding hydrogens is 329 g/mol. The van der Waals surface area contributed by atoms with Gasteiger partial charge in [-0.25, -0.2) is 4.39 Å². The van der Waals surface area contributed by atoms with Crippen LogP contribution >= 0.6 is 0 Å². The number of rotatable bonds is 7. The average Bonchev–Trinajstić information content (AvgIpc) is 2.94. The number of benzene rings is 1. The van der Waals surface area contributed by atoms with Gasteiger partial charge in [0.25, 0.3) is 0 Å². The first kappa shape index (κ1) is 19.9. The topological polar surface area (TPSA) is 54.2 Å². The van der Waals surface area contributed by atoms with Gasteiger partial charge in [-0.2, -0.15) is 5.10 Å². The number of halogens is 1. The number of hydrogen-bond acceptors (Lipinski definition) is 2. The summed E-state index contributed by atoms with van der Waals surface area (Å²) in [7, 11) is 3.77. The summed E-state index contributed by atoms with van der Waals surface area (Å²) in [5, 5.41) is 11.3. The fraction of sp³-hybridized carbons (Fsp3) is 0.500. The van der Waals surface area contributed by atoms with Crippen molar-refractivity contribution in [3.63, 3.8) is 0 Å². The predicted molar refractivity (Wildman–Crippen MR) is 105 cm³/mol. The molecule has 142 valence electrons. The van der Waals surface area contributed by atoms with Gasteiger partial charge in [0.05, 0.1) is 5.69 Å². The molecule has 0 fully saturated rings. The minimum Gasteiger partial charge on any atom is -0.356 e. The molecule has 1 heterocycles. The van der Waals surface area contributed by atoms with E-state index in [-0.39, 0.29) is 5.82 Å². The normalized spacial score (nSPS) is 11.7. The van der Waals surface area contributed by atoms with Gasteiger partial charge in [0.1, 0.15) is 5.82 Å². The molecule has 5 nitrogen and oxygen atoms in total. The SMILES string of the molecule is CCc1nn(C)c(CC)c1CNC(=NC)NCCc1ccc(F)cc1C. The Morgan fingerprint density at radius 1 is 1.23 bits per heavy atom. The van der Waals surface area contributed by atoms with Crippen LogP contribution in [-0.4, -0.2) is 29.3 Å². The monoisotopic (exact) mass is 359 g/mol. The van der Waals surface area contributed by atoms with Crippen molar-refractivity contribution in [1.29, 1.82) is 0 Å². The fourth-order valence-electron chi connectivity index (χ4n) is 3.24. The molecule has 2 aromatic rings. The molecule has 0 aliphatic carbocycles. The zero-order valence-corrected chi connectivity index (χ0v) is 16.5. The van der Waals surface area contributed by atoms with Crippen LogP contribution in [0.1, 0.15) is 41.9 Å². The molecule has 0 aliphatic heterocycles. The molecule has 1 aromatic carbocycles. The number of nitrogens with zero attached hydrogens (tertiary/aromatic N) is 3. The third kappa shape index (κ3) is 4.84. The lowest BCUT2D eigenvalue weighted by Crippen LogP contribution is -2.38. The van der Waals surface area contributed by atoms with E-state index in [4.69, 9.17) is 0 Å².